The Balaban J connectivity index is 3.21. The molecule has 0 aromatic heterocycles. The van der Waals surface area contributed by atoms with Crippen molar-refractivity contribution in [2.24, 2.45) is 0 Å². The Bertz CT molecular complexity index is 688. The Labute approximate surface area is 104 Å². The first-order valence-corrected chi connectivity index (χ1v) is 7.25. The molecule has 0 aliphatic carbocycles. The molecule has 0 heterocycles. The van der Waals surface area contributed by atoms with Gasteiger partial charge in [0.2, 0.25) is 0 Å². The summed E-state index contributed by atoms with van der Waals surface area (Å²) in [6.07, 6.45) is 0. The van der Waals surface area contributed by atoms with Crippen LogP contribution in [0.25, 0.3) is 10.8 Å². The number of hydrogen-bond donors (Lipinski definition) is 0. The van der Waals surface area contributed by atoms with E-state index in [-0.39, 0.29) is 0 Å². The SMILES string of the molecule is C[SiH2]c1c(F)c(F)c(F)c2c(F)c(F)c(F)c(F)c12. The summed E-state index contributed by atoms with van der Waals surface area (Å²) in [6.45, 7) is 1.38. The monoisotopic (exact) mass is 298 g/mol. The van der Waals surface area contributed by atoms with Gasteiger partial charge in [-0.3, -0.25) is 0 Å². The van der Waals surface area contributed by atoms with Gasteiger partial charge in [-0.05, 0) is 5.19 Å². The summed E-state index contributed by atoms with van der Waals surface area (Å²) in [4.78, 5) is 0. The highest BCUT2D eigenvalue weighted by Gasteiger charge is 2.29. The van der Waals surface area contributed by atoms with Crippen LogP contribution in [0.2, 0.25) is 6.55 Å². The zero-order chi connectivity index (χ0) is 14.5. The number of fused-ring (bicyclic) bond motifs is 1. The molecule has 2 aromatic carbocycles. The molecule has 19 heavy (non-hydrogen) atoms. The highest BCUT2D eigenvalue weighted by molar-refractivity contribution is 6.56. The quantitative estimate of drug-likeness (QED) is 0.329. The van der Waals surface area contributed by atoms with E-state index in [9.17, 15) is 30.7 Å². The minimum absolute atomic E-state index is 0.621. The molecule has 0 saturated heterocycles. The first-order valence-electron chi connectivity index (χ1n) is 5.13. The zero-order valence-electron chi connectivity index (χ0n) is 9.35. The molecule has 0 N–H and O–H groups in total. The van der Waals surface area contributed by atoms with Crippen LogP contribution in [0.15, 0.2) is 0 Å². The van der Waals surface area contributed by atoms with E-state index in [4.69, 9.17) is 0 Å². The van der Waals surface area contributed by atoms with Gasteiger partial charge >= 0.3 is 0 Å². The maximum atomic E-state index is 13.6. The Hall–Kier alpha value is -1.57. The number of halogens is 7. The van der Waals surface area contributed by atoms with Crippen molar-refractivity contribution >= 4 is 25.5 Å². The highest BCUT2D eigenvalue weighted by atomic mass is 28.2. The third-order valence-electron chi connectivity index (χ3n) is 2.79. The summed E-state index contributed by atoms with van der Waals surface area (Å²) < 4.78 is 93.2. The van der Waals surface area contributed by atoms with Gasteiger partial charge in [-0.15, -0.1) is 0 Å². The molecule has 2 rings (SSSR count). The molecule has 0 unspecified atom stereocenters. The van der Waals surface area contributed by atoms with Gasteiger partial charge in [-0.25, -0.2) is 30.7 Å². The minimum Gasteiger partial charge on any atom is -0.204 e. The summed E-state index contributed by atoms with van der Waals surface area (Å²) >= 11 is 0. The second kappa shape index (κ2) is 4.51. The Morgan fingerprint density at radius 1 is 0.526 bits per heavy atom. The molecular formula is C11H5F7Si. The smallest absolute Gasteiger partial charge is 0.198 e. The first kappa shape index (κ1) is 13.8. The maximum absolute atomic E-state index is 13.6. The van der Waals surface area contributed by atoms with Gasteiger partial charge in [0.15, 0.2) is 40.7 Å². The van der Waals surface area contributed by atoms with Gasteiger partial charge in [-0.1, -0.05) is 6.55 Å². The summed E-state index contributed by atoms with van der Waals surface area (Å²) in [5, 5.41) is -3.09. The average molecular weight is 298 g/mol. The molecule has 8 heteroatoms. The molecule has 0 spiro atoms. The summed E-state index contributed by atoms with van der Waals surface area (Å²) in [7, 11) is -1.64. The Kier molecular flexibility index (Phi) is 3.29. The lowest BCUT2D eigenvalue weighted by molar-refractivity contribution is 0.411. The fourth-order valence-corrected chi connectivity index (χ4v) is 3.05. The van der Waals surface area contributed by atoms with E-state index in [1.165, 1.54) is 6.55 Å². The number of hydrogen-bond acceptors (Lipinski definition) is 0. The van der Waals surface area contributed by atoms with E-state index in [1.807, 2.05) is 0 Å². The van der Waals surface area contributed by atoms with E-state index in [0.29, 0.717) is 0 Å². The molecule has 0 saturated carbocycles. The van der Waals surface area contributed by atoms with Crippen LogP contribution < -0.4 is 5.19 Å². The molecule has 0 bridgehead atoms. The van der Waals surface area contributed by atoms with Crippen molar-refractivity contribution in [3.63, 3.8) is 0 Å². The van der Waals surface area contributed by atoms with Gasteiger partial charge in [0, 0.05) is 5.39 Å². The molecule has 2 aromatic rings. The van der Waals surface area contributed by atoms with Crippen LogP contribution >= 0.6 is 0 Å². The summed E-state index contributed by atoms with van der Waals surface area (Å²) in [5.41, 5.74) is 0. The topological polar surface area (TPSA) is 0 Å². The standard InChI is InChI=1S/C11H5F7Si/c1-19-11-3-2(5(13)9(17)10(11)18)4(12)7(15)8(16)6(3)14/h19H2,1H3. The maximum Gasteiger partial charge on any atom is 0.198 e. The van der Waals surface area contributed by atoms with Crippen LogP contribution in [-0.2, 0) is 0 Å². The minimum atomic E-state index is -2.27. The van der Waals surface area contributed by atoms with Crippen molar-refractivity contribution in [1.29, 1.82) is 0 Å². The summed E-state index contributed by atoms with van der Waals surface area (Å²) in [6, 6.07) is 0. The highest BCUT2D eigenvalue weighted by Crippen LogP contribution is 2.30. The summed E-state index contributed by atoms with van der Waals surface area (Å²) in [5.74, 6) is -14.2. The van der Waals surface area contributed by atoms with Crippen LogP contribution in [0.3, 0.4) is 0 Å². The van der Waals surface area contributed by atoms with E-state index in [0.717, 1.165) is 0 Å². The third kappa shape index (κ3) is 1.73. The van der Waals surface area contributed by atoms with Gasteiger partial charge in [-0.2, -0.15) is 0 Å². The lowest BCUT2D eigenvalue weighted by atomic mass is 10.1. The predicted octanol–water partition coefficient (Wildman–Crippen LogP) is 2.66. The number of rotatable bonds is 1. The van der Waals surface area contributed by atoms with Crippen molar-refractivity contribution in [3.05, 3.63) is 40.7 Å². The molecule has 0 fully saturated rings. The Morgan fingerprint density at radius 3 is 1.32 bits per heavy atom. The van der Waals surface area contributed by atoms with E-state index >= 15 is 0 Å². The van der Waals surface area contributed by atoms with Crippen LogP contribution in [-0.4, -0.2) is 9.52 Å². The van der Waals surface area contributed by atoms with Gasteiger partial charge < -0.3 is 0 Å². The van der Waals surface area contributed by atoms with Crippen LogP contribution in [0.1, 0.15) is 0 Å². The second-order valence-electron chi connectivity index (χ2n) is 3.78. The van der Waals surface area contributed by atoms with Crippen molar-refractivity contribution in [2.75, 3.05) is 0 Å². The second-order valence-corrected chi connectivity index (χ2v) is 5.19. The normalized spacial score (nSPS) is 12.0. The van der Waals surface area contributed by atoms with E-state index in [2.05, 4.69) is 0 Å². The van der Waals surface area contributed by atoms with Crippen LogP contribution in [0, 0.1) is 40.7 Å². The van der Waals surface area contributed by atoms with Crippen LogP contribution in [0.4, 0.5) is 30.7 Å². The lowest BCUT2D eigenvalue weighted by Crippen LogP contribution is -2.23. The van der Waals surface area contributed by atoms with Crippen molar-refractivity contribution < 1.29 is 30.7 Å². The zero-order valence-corrected chi connectivity index (χ0v) is 10.8. The van der Waals surface area contributed by atoms with E-state index < -0.39 is 66.2 Å². The molecule has 0 amide bonds. The lowest BCUT2D eigenvalue weighted by Gasteiger charge is -2.11. The molecule has 0 aliphatic heterocycles. The molecule has 0 atom stereocenters. The predicted molar refractivity (Wildman–Crippen MR) is 57.7 cm³/mol. The first-order chi connectivity index (χ1) is 8.82. The van der Waals surface area contributed by atoms with Gasteiger partial charge in [0.1, 0.15) is 0 Å². The fraction of sp³-hybridized carbons (Fsp3) is 0.0909. The van der Waals surface area contributed by atoms with Crippen molar-refractivity contribution in [2.45, 2.75) is 6.55 Å². The van der Waals surface area contributed by atoms with Gasteiger partial charge in [0.05, 0.1) is 14.9 Å². The largest absolute Gasteiger partial charge is 0.204 e. The average Bonchev–Trinajstić information content (AvgIpc) is 2.40. The molecule has 102 valence electrons. The van der Waals surface area contributed by atoms with E-state index in [1.54, 1.807) is 0 Å². The van der Waals surface area contributed by atoms with Crippen molar-refractivity contribution in [1.82, 2.24) is 0 Å². The number of benzene rings is 2. The molecule has 0 aliphatic rings. The fourth-order valence-electron chi connectivity index (χ4n) is 1.90. The van der Waals surface area contributed by atoms with Crippen LogP contribution in [0.5, 0.6) is 0 Å². The Morgan fingerprint density at radius 2 is 0.895 bits per heavy atom. The van der Waals surface area contributed by atoms with Gasteiger partial charge in [0.25, 0.3) is 0 Å². The molecular weight excluding hydrogens is 293 g/mol. The molecule has 0 nitrogen and oxygen atoms in total. The third-order valence-corrected chi connectivity index (χ3v) is 4.16. The molecule has 0 radical (unpaired) electrons. The van der Waals surface area contributed by atoms with Crippen molar-refractivity contribution in [3.8, 4) is 0 Å².